The number of para-hydroxylation sites is 2. The van der Waals surface area contributed by atoms with Gasteiger partial charge in [-0.3, -0.25) is 10.1 Å². The Hall–Kier alpha value is -2.54. The van der Waals surface area contributed by atoms with E-state index in [9.17, 15) is 4.79 Å². The van der Waals surface area contributed by atoms with Crippen molar-refractivity contribution in [2.24, 2.45) is 5.92 Å². The molecule has 0 bridgehead atoms. The Morgan fingerprint density at radius 1 is 1.09 bits per heavy atom. The number of benzene rings is 2. The first-order valence-electron chi connectivity index (χ1n) is 10.4. The lowest BCUT2D eigenvalue weighted by Crippen LogP contribution is -2.36. The Balaban J connectivity index is 1.43. The van der Waals surface area contributed by atoms with E-state index in [2.05, 4.69) is 28.5 Å². The number of furan rings is 1. The Labute approximate surface area is 202 Å². The monoisotopic (exact) mass is 487 g/mol. The van der Waals surface area contributed by atoms with Gasteiger partial charge >= 0.3 is 0 Å². The van der Waals surface area contributed by atoms with Crippen molar-refractivity contribution in [2.75, 3.05) is 23.3 Å². The van der Waals surface area contributed by atoms with Gasteiger partial charge in [-0.05, 0) is 73.4 Å². The number of carbonyl (C=O) groups is 1. The van der Waals surface area contributed by atoms with E-state index in [-0.39, 0.29) is 10.9 Å². The van der Waals surface area contributed by atoms with Crippen molar-refractivity contribution < 1.29 is 9.21 Å². The quantitative estimate of drug-likeness (QED) is 0.405. The Morgan fingerprint density at radius 3 is 2.62 bits per heavy atom. The first-order chi connectivity index (χ1) is 15.4. The number of piperidine rings is 1. The summed E-state index contributed by atoms with van der Waals surface area (Å²) in [6.07, 6.45) is 2.32. The van der Waals surface area contributed by atoms with Crippen molar-refractivity contribution in [3.63, 3.8) is 0 Å². The lowest BCUT2D eigenvalue weighted by atomic mass is 9.98. The summed E-state index contributed by atoms with van der Waals surface area (Å²) in [5, 5.41) is 7.05. The number of nitrogens with zero attached hydrogens (tertiary/aromatic N) is 1. The first kappa shape index (κ1) is 22.6. The molecule has 2 heterocycles. The number of hydrogen-bond donors (Lipinski definition) is 2. The minimum atomic E-state index is -0.448. The summed E-state index contributed by atoms with van der Waals surface area (Å²) >= 11 is 17.7. The third-order valence-electron chi connectivity index (χ3n) is 5.53. The van der Waals surface area contributed by atoms with Crippen molar-refractivity contribution in [3.8, 4) is 11.3 Å². The molecule has 1 aromatic heterocycles. The molecule has 1 amide bonds. The maximum Gasteiger partial charge on any atom is 0.293 e. The van der Waals surface area contributed by atoms with Crippen LogP contribution in [-0.4, -0.2) is 24.1 Å². The number of rotatable bonds is 4. The predicted molar refractivity (Wildman–Crippen MR) is 135 cm³/mol. The molecule has 166 valence electrons. The van der Waals surface area contributed by atoms with Gasteiger partial charge in [0.25, 0.3) is 5.91 Å². The molecule has 2 aromatic carbocycles. The second kappa shape index (κ2) is 9.94. The Bertz CT molecular complexity index is 1140. The van der Waals surface area contributed by atoms with Crippen LogP contribution in [0.2, 0.25) is 10.0 Å². The van der Waals surface area contributed by atoms with Gasteiger partial charge in [0.2, 0.25) is 0 Å². The number of hydrogen-bond acceptors (Lipinski definition) is 4. The molecule has 3 aromatic rings. The summed E-state index contributed by atoms with van der Waals surface area (Å²) in [5.41, 5.74) is 2.55. The number of carbonyl (C=O) groups excluding carboxylic acids is 1. The first-order valence-corrected chi connectivity index (χ1v) is 11.6. The Morgan fingerprint density at radius 2 is 1.84 bits per heavy atom. The van der Waals surface area contributed by atoms with Crippen molar-refractivity contribution in [1.29, 1.82) is 0 Å². The molecule has 0 spiro atoms. The molecule has 1 aliphatic rings. The summed E-state index contributed by atoms with van der Waals surface area (Å²) in [4.78, 5) is 15.0. The van der Waals surface area contributed by atoms with Gasteiger partial charge in [-0.15, -0.1) is 0 Å². The summed E-state index contributed by atoms with van der Waals surface area (Å²) in [5.74, 6) is 0.868. The Kier molecular flexibility index (Phi) is 7.04. The summed E-state index contributed by atoms with van der Waals surface area (Å²) in [6, 6.07) is 16.3. The fourth-order valence-corrected chi connectivity index (χ4v) is 4.30. The van der Waals surface area contributed by atoms with E-state index < -0.39 is 5.91 Å². The van der Waals surface area contributed by atoms with Crippen molar-refractivity contribution in [1.82, 2.24) is 5.32 Å². The van der Waals surface area contributed by atoms with E-state index in [4.69, 9.17) is 39.8 Å². The van der Waals surface area contributed by atoms with Crippen LogP contribution in [0.4, 0.5) is 11.4 Å². The zero-order chi connectivity index (χ0) is 22.7. The molecule has 0 unspecified atom stereocenters. The van der Waals surface area contributed by atoms with E-state index in [1.807, 2.05) is 18.2 Å². The molecule has 4 rings (SSSR count). The van der Waals surface area contributed by atoms with Gasteiger partial charge in [0.1, 0.15) is 5.76 Å². The van der Waals surface area contributed by atoms with Gasteiger partial charge < -0.3 is 14.6 Å². The smallest absolute Gasteiger partial charge is 0.293 e. The number of halogens is 2. The minimum absolute atomic E-state index is 0.124. The van der Waals surface area contributed by atoms with Gasteiger partial charge in [-0.25, -0.2) is 0 Å². The summed E-state index contributed by atoms with van der Waals surface area (Å²) in [7, 11) is 0. The highest BCUT2D eigenvalue weighted by Crippen LogP contribution is 2.32. The van der Waals surface area contributed by atoms with E-state index >= 15 is 0 Å². The summed E-state index contributed by atoms with van der Waals surface area (Å²) in [6.45, 7) is 4.28. The molecule has 1 saturated heterocycles. The zero-order valence-electron chi connectivity index (χ0n) is 17.5. The van der Waals surface area contributed by atoms with Gasteiger partial charge in [0, 0.05) is 23.7 Å². The van der Waals surface area contributed by atoms with Crippen LogP contribution in [0.25, 0.3) is 11.3 Å². The lowest BCUT2D eigenvalue weighted by molar-refractivity contribution is 0.0951. The van der Waals surface area contributed by atoms with Gasteiger partial charge in [0.15, 0.2) is 10.9 Å². The number of thiocarbonyl (C=S) groups is 1. The van der Waals surface area contributed by atoms with Crippen LogP contribution in [0.15, 0.2) is 59.0 Å². The average Bonchev–Trinajstić information content (AvgIpc) is 3.27. The largest absolute Gasteiger partial charge is 0.451 e. The third kappa shape index (κ3) is 5.26. The molecular weight excluding hydrogens is 465 g/mol. The third-order valence-corrected chi connectivity index (χ3v) is 6.30. The highest BCUT2D eigenvalue weighted by molar-refractivity contribution is 7.80. The van der Waals surface area contributed by atoms with Crippen LogP contribution in [0.3, 0.4) is 0 Å². The van der Waals surface area contributed by atoms with Crippen LogP contribution < -0.4 is 15.5 Å². The molecule has 8 heteroatoms. The molecule has 1 aliphatic heterocycles. The fraction of sp³-hybridized carbons (Fsp3) is 0.250. The SMILES string of the molecule is CC1CCN(c2ccccc2NC(=S)NC(=O)c2ccc(-c3cc(Cl)ccc3Cl)o2)CC1. The van der Waals surface area contributed by atoms with E-state index in [0.717, 1.165) is 43.2 Å². The predicted octanol–water partition coefficient (Wildman–Crippen LogP) is 6.62. The number of nitrogens with one attached hydrogen (secondary N) is 2. The molecule has 1 fully saturated rings. The topological polar surface area (TPSA) is 57.5 Å². The maximum absolute atomic E-state index is 12.7. The van der Waals surface area contributed by atoms with E-state index in [1.54, 1.807) is 30.3 Å². The van der Waals surface area contributed by atoms with Crippen LogP contribution in [0.5, 0.6) is 0 Å². The van der Waals surface area contributed by atoms with Crippen molar-refractivity contribution in [3.05, 3.63) is 70.4 Å². The number of anilines is 2. The number of amides is 1. The molecular formula is C24H23Cl2N3O2S. The highest BCUT2D eigenvalue weighted by Gasteiger charge is 2.20. The standard InChI is InChI=1S/C24H23Cl2N3O2S/c1-15-10-12-29(13-11-15)20-5-3-2-4-19(20)27-24(32)28-23(30)22-9-8-21(31-22)17-14-16(25)6-7-18(17)26/h2-9,14-15H,10-13H2,1H3,(H2,27,28,30,32). The van der Waals surface area contributed by atoms with Crippen LogP contribution in [-0.2, 0) is 0 Å². The fourth-order valence-electron chi connectivity index (χ4n) is 3.71. The minimum Gasteiger partial charge on any atom is -0.451 e. The van der Waals surface area contributed by atoms with Crippen LogP contribution >= 0.6 is 35.4 Å². The molecule has 32 heavy (non-hydrogen) atoms. The van der Waals surface area contributed by atoms with E-state index in [0.29, 0.717) is 21.4 Å². The molecule has 0 saturated carbocycles. The normalized spacial score (nSPS) is 14.3. The van der Waals surface area contributed by atoms with Gasteiger partial charge in [-0.2, -0.15) is 0 Å². The molecule has 0 aliphatic carbocycles. The summed E-state index contributed by atoms with van der Waals surface area (Å²) < 4.78 is 5.70. The van der Waals surface area contributed by atoms with Gasteiger partial charge in [-0.1, -0.05) is 42.3 Å². The second-order valence-corrected chi connectivity index (χ2v) is 9.13. The van der Waals surface area contributed by atoms with E-state index in [1.165, 1.54) is 0 Å². The molecule has 0 radical (unpaired) electrons. The lowest BCUT2D eigenvalue weighted by Gasteiger charge is -2.33. The van der Waals surface area contributed by atoms with Crippen LogP contribution in [0, 0.1) is 5.92 Å². The van der Waals surface area contributed by atoms with Gasteiger partial charge in [0.05, 0.1) is 16.4 Å². The second-order valence-electron chi connectivity index (χ2n) is 7.88. The molecule has 5 nitrogen and oxygen atoms in total. The van der Waals surface area contributed by atoms with Crippen LogP contribution in [0.1, 0.15) is 30.3 Å². The maximum atomic E-state index is 12.7. The highest BCUT2D eigenvalue weighted by atomic mass is 35.5. The average molecular weight is 488 g/mol. The zero-order valence-corrected chi connectivity index (χ0v) is 19.9. The molecule has 0 atom stereocenters. The molecule has 2 N–H and O–H groups in total. The van der Waals surface area contributed by atoms with Crippen molar-refractivity contribution in [2.45, 2.75) is 19.8 Å². The van der Waals surface area contributed by atoms with Crippen molar-refractivity contribution >= 4 is 57.8 Å².